The number of carbonyl (C=O) groups is 5. The van der Waals surface area contributed by atoms with Gasteiger partial charge < -0.3 is 22.6 Å². The molecule has 5 aromatic rings. The Morgan fingerprint density at radius 3 is 0.830 bits per heavy atom. The SMILES string of the molecule is O=Cc1ccc(OP2(Cl)=NP(Oc3ccc(C=O)cc3)(Oc3ccc(C=O)cc3)=NP(Oc3ccc(C=O)cc3)(Oc3ccc(C=O)cc3)=N2)cc1.P. The Morgan fingerprint density at radius 2 is 0.585 bits per heavy atom. The van der Waals surface area contributed by atoms with Crippen molar-refractivity contribution in [3.63, 3.8) is 0 Å². The Hall–Kier alpha value is -5.14. The molecule has 0 saturated heterocycles. The summed E-state index contributed by atoms with van der Waals surface area (Å²) in [5.41, 5.74) is 1.84. The molecule has 270 valence electrons. The molecule has 0 bridgehead atoms. The van der Waals surface area contributed by atoms with Crippen LogP contribution in [0.15, 0.2) is 135 Å². The van der Waals surface area contributed by atoms with Crippen molar-refractivity contribution in [3.8, 4) is 28.7 Å². The van der Waals surface area contributed by atoms with Crippen LogP contribution in [-0.2, 0) is 0 Å². The summed E-state index contributed by atoms with van der Waals surface area (Å²) in [7, 11) is -8.36. The highest BCUT2D eigenvalue weighted by Gasteiger charge is 2.46. The van der Waals surface area contributed by atoms with Gasteiger partial charge in [0.25, 0.3) is 0 Å². The monoisotopic (exact) mass is 809 g/mol. The molecule has 0 saturated carbocycles. The molecule has 53 heavy (non-hydrogen) atoms. The minimum atomic E-state index is -4.18. The molecule has 2 unspecified atom stereocenters. The number of aldehydes is 5. The molecule has 1 aliphatic heterocycles. The highest BCUT2D eigenvalue weighted by atomic mass is 35.7. The second-order valence-corrected chi connectivity index (χ2v) is 17.9. The maximum Gasteiger partial charge on any atom is 0.459 e. The Balaban J connectivity index is 0.00000541. The summed E-state index contributed by atoms with van der Waals surface area (Å²) < 4.78 is 46.6. The summed E-state index contributed by atoms with van der Waals surface area (Å²) in [6.45, 7) is -4.05. The van der Waals surface area contributed by atoms with E-state index in [1.165, 1.54) is 121 Å². The normalized spacial score (nSPS) is 16.3. The first-order valence-corrected chi connectivity index (χ1v) is 20.6. The number of benzene rings is 5. The second kappa shape index (κ2) is 17.1. The van der Waals surface area contributed by atoms with Crippen LogP contribution < -0.4 is 22.6 Å². The van der Waals surface area contributed by atoms with Gasteiger partial charge in [-0.3, -0.25) is 24.0 Å². The van der Waals surface area contributed by atoms with Crippen molar-refractivity contribution < 1.29 is 46.6 Å². The largest absolute Gasteiger partial charge is 0.459 e. The van der Waals surface area contributed by atoms with Crippen molar-refractivity contribution in [1.29, 1.82) is 0 Å². The Morgan fingerprint density at radius 1 is 0.358 bits per heavy atom. The molecule has 1 aliphatic rings. The Kier molecular flexibility index (Phi) is 12.6. The zero-order valence-electron chi connectivity index (χ0n) is 27.3. The smallest absolute Gasteiger partial charge is 0.431 e. The molecule has 0 amide bonds. The maximum absolute atomic E-state index is 11.4. The predicted molar refractivity (Wildman–Crippen MR) is 207 cm³/mol. The van der Waals surface area contributed by atoms with Crippen LogP contribution in [0, 0.1) is 0 Å². The molecule has 0 N–H and O–H groups in total. The van der Waals surface area contributed by atoms with Gasteiger partial charge in [-0.25, -0.2) is 0 Å². The third kappa shape index (κ3) is 9.85. The van der Waals surface area contributed by atoms with E-state index < -0.39 is 22.1 Å². The van der Waals surface area contributed by atoms with Crippen LogP contribution in [0.2, 0.25) is 0 Å². The molecule has 5 aromatic carbocycles. The minimum absolute atomic E-state index is 0. The Bertz CT molecular complexity index is 2080. The van der Waals surface area contributed by atoms with Crippen LogP contribution in [0.1, 0.15) is 51.8 Å². The van der Waals surface area contributed by atoms with Crippen molar-refractivity contribution >= 4 is 74.7 Å². The van der Waals surface area contributed by atoms with Gasteiger partial charge in [-0.2, -0.15) is 9.90 Å². The molecular weight excluding hydrogens is 782 g/mol. The van der Waals surface area contributed by atoms with Crippen molar-refractivity contribution in [1.82, 2.24) is 0 Å². The fourth-order valence-electron chi connectivity index (χ4n) is 4.41. The van der Waals surface area contributed by atoms with E-state index >= 15 is 0 Å². The number of carbonyl (C=O) groups excluding carboxylic acids is 5. The molecule has 18 heteroatoms. The summed E-state index contributed by atoms with van der Waals surface area (Å²) >= 11 is 7.28. The van der Waals surface area contributed by atoms with E-state index in [0.717, 1.165) is 0 Å². The predicted octanol–water partition coefficient (Wildman–Crippen LogP) is 10.6. The van der Waals surface area contributed by atoms with E-state index in [2.05, 4.69) is 0 Å². The number of hydrogen-bond donors (Lipinski definition) is 0. The average molecular weight is 810 g/mol. The minimum Gasteiger partial charge on any atom is -0.431 e. The molecule has 0 radical (unpaired) electrons. The van der Waals surface area contributed by atoms with Gasteiger partial charge in [-0.05, 0) is 133 Å². The van der Waals surface area contributed by atoms with Crippen LogP contribution in [0.5, 0.6) is 28.7 Å². The first-order valence-electron chi connectivity index (χ1n) is 15.0. The van der Waals surface area contributed by atoms with Gasteiger partial charge in [0, 0.05) is 27.8 Å². The highest BCUT2D eigenvalue weighted by molar-refractivity contribution is 7.94. The number of hydrogen-bond acceptors (Lipinski definition) is 13. The fraction of sp³-hybridized carbons (Fsp3) is 0. The van der Waals surface area contributed by atoms with Crippen molar-refractivity contribution in [2.24, 2.45) is 13.5 Å². The van der Waals surface area contributed by atoms with E-state index in [4.69, 9.17) is 47.4 Å². The van der Waals surface area contributed by atoms with Crippen molar-refractivity contribution in [2.45, 2.75) is 0 Å². The van der Waals surface area contributed by atoms with E-state index in [1.807, 2.05) is 0 Å². The van der Waals surface area contributed by atoms with E-state index in [-0.39, 0.29) is 38.6 Å². The van der Waals surface area contributed by atoms with Crippen LogP contribution in [0.4, 0.5) is 0 Å². The third-order valence-corrected chi connectivity index (χ3v) is 15.9. The highest BCUT2D eigenvalue weighted by Crippen LogP contribution is 2.80. The molecule has 0 fully saturated rings. The van der Waals surface area contributed by atoms with E-state index in [1.54, 1.807) is 0 Å². The van der Waals surface area contributed by atoms with Gasteiger partial charge in [0.05, 0.1) is 0 Å². The number of halogens is 1. The molecule has 6 rings (SSSR count). The standard InChI is InChI=1S/C35H25ClN3O10P3.H3P/c36-50(45-31-11-1-26(21-40)2-12-31)37-51(46-32-13-3-27(22-41)4-14-32,47-33-15-5-28(23-42)6-16-33)39-52(38-50,48-34-17-7-29(24-43)8-18-34)49-35-19-9-30(25-44)10-20-35;/h1-25H;1H3. The maximum atomic E-state index is 11.4. The lowest BCUT2D eigenvalue weighted by Crippen LogP contribution is -2.08. The summed E-state index contributed by atoms with van der Waals surface area (Å²) in [6.07, 6.45) is 3.32. The van der Waals surface area contributed by atoms with Crippen molar-refractivity contribution in [3.05, 3.63) is 149 Å². The molecule has 2 atom stereocenters. The van der Waals surface area contributed by atoms with E-state index in [0.29, 0.717) is 59.2 Å². The molecule has 0 aromatic heterocycles. The van der Waals surface area contributed by atoms with E-state index in [9.17, 15) is 24.0 Å². The number of nitrogens with zero attached hydrogens (tertiary/aromatic N) is 3. The van der Waals surface area contributed by atoms with Gasteiger partial charge in [0.2, 0.25) is 0 Å². The lowest BCUT2D eigenvalue weighted by molar-refractivity contribution is 0.111. The molecule has 13 nitrogen and oxygen atoms in total. The molecular formula is C35H28ClN3O10P4. The Labute approximate surface area is 311 Å². The lowest BCUT2D eigenvalue weighted by atomic mass is 10.2. The average Bonchev–Trinajstić information content (AvgIpc) is 3.16. The van der Waals surface area contributed by atoms with Crippen LogP contribution in [0.25, 0.3) is 0 Å². The molecule has 0 spiro atoms. The summed E-state index contributed by atoms with van der Waals surface area (Å²) in [6, 6.07) is 30.2. The third-order valence-electron chi connectivity index (χ3n) is 6.87. The topological polar surface area (TPSA) is 169 Å². The quantitative estimate of drug-likeness (QED) is 0.0732. The van der Waals surface area contributed by atoms with Gasteiger partial charge in [0.1, 0.15) is 60.2 Å². The molecule has 0 aliphatic carbocycles. The first kappa shape index (κ1) is 39.1. The molecule has 1 heterocycles. The van der Waals surface area contributed by atoms with Crippen LogP contribution >= 0.6 is 43.2 Å². The fourth-order valence-corrected chi connectivity index (χ4v) is 14.5. The second-order valence-electron chi connectivity index (χ2n) is 10.6. The first-order chi connectivity index (χ1) is 25.2. The zero-order chi connectivity index (χ0) is 36.6. The summed E-state index contributed by atoms with van der Waals surface area (Å²) in [5, 5.41) is 0. The van der Waals surface area contributed by atoms with Crippen LogP contribution in [0.3, 0.4) is 0 Å². The summed E-state index contributed by atoms with van der Waals surface area (Å²) in [4.78, 5) is 57.1. The lowest BCUT2D eigenvalue weighted by Gasteiger charge is -2.31. The number of rotatable bonds is 15. The summed E-state index contributed by atoms with van der Waals surface area (Å²) in [5.74, 6) is 0.844. The van der Waals surface area contributed by atoms with Gasteiger partial charge >= 0.3 is 22.1 Å². The van der Waals surface area contributed by atoms with Crippen LogP contribution in [-0.4, -0.2) is 31.4 Å². The van der Waals surface area contributed by atoms with Gasteiger partial charge in [-0.1, -0.05) is 4.52 Å². The van der Waals surface area contributed by atoms with Crippen molar-refractivity contribution in [2.75, 3.05) is 0 Å². The van der Waals surface area contributed by atoms with Gasteiger partial charge in [0.15, 0.2) is 0 Å². The zero-order valence-corrected chi connectivity index (χ0v) is 32.1. The van der Waals surface area contributed by atoms with Gasteiger partial charge in [-0.15, -0.1) is 9.03 Å².